The molecule has 0 saturated carbocycles. The molecule has 38 heavy (non-hydrogen) atoms. The summed E-state index contributed by atoms with van der Waals surface area (Å²) in [4.78, 5) is 30.7. The van der Waals surface area contributed by atoms with E-state index in [0.717, 1.165) is 23.7 Å². The molecular formula is C28H26F3N3O4. The van der Waals surface area contributed by atoms with E-state index in [1.165, 1.54) is 0 Å². The molecule has 0 aliphatic carbocycles. The Bertz CT molecular complexity index is 1460. The van der Waals surface area contributed by atoms with Gasteiger partial charge in [0.1, 0.15) is 12.3 Å². The summed E-state index contributed by atoms with van der Waals surface area (Å²) in [5.41, 5.74) is -0.0481. The van der Waals surface area contributed by atoms with Crippen LogP contribution in [0.4, 0.5) is 19.2 Å². The Morgan fingerprint density at radius 2 is 1.92 bits per heavy atom. The van der Waals surface area contributed by atoms with Gasteiger partial charge in [-0.25, -0.2) is 4.79 Å². The van der Waals surface area contributed by atoms with E-state index in [-0.39, 0.29) is 19.0 Å². The summed E-state index contributed by atoms with van der Waals surface area (Å²) in [6.07, 6.45) is -1.59. The van der Waals surface area contributed by atoms with Gasteiger partial charge in [-0.05, 0) is 60.0 Å². The first-order valence-corrected chi connectivity index (χ1v) is 12.4. The van der Waals surface area contributed by atoms with Crippen LogP contribution in [0.5, 0.6) is 5.75 Å². The highest BCUT2D eigenvalue weighted by Crippen LogP contribution is 2.35. The van der Waals surface area contributed by atoms with Crippen LogP contribution in [0, 0.1) is 5.92 Å². The minimum atomic E-state index is -4.82. The molecule has 0 spiro atoms. The molecule has 5 rings (SSSR count). The van der Waals surface area contributed by atoms with Crippen molar-refractivity contribution in [2.75, 3.05) is 18.0 Å². The first-order valence-electron chi connectivity index (χ1n) is 12.4. The third kappa shape index (κ3) is 5.58. The predicted octanol–water partition coefficient (Wildman–Crippen LogP) is 5.92. The van der Waals surface area contributed by atoms with Crippen LogP contribution in [0.3, 0.4) is 0 Å². The van der Waals surface area contributed by atoms with E-state index in [1.807, 2.05) is 13.0 Å². The number of hydrogen-bond acceptors (Lipinski definition) is 6. The summed E-state index contributed by atoms with van der Waals surface area (Å²) < 4.78 is 53.6. The van der Waals surface area contributed by atoms with Crippen molar-refractivity contribution in [3.05, 3.63) is 77.8 Å². The number of halogens is 3. The number of rotatable bonds is 7. The van der Waals surface area contributed by atoms with Gasteiger partial charge in [-0.3, -0.25) is 4.79 Å². The SMILES string of the molecule is CC1CCCN(c2nc(C(F)(F)F)c(C(=O)Cc3ccc4c(ccn4CC(=O)Oc4ccccc4)c3)o2)C1. The number of carbonyl (C=O) groups is 2. The standard InChI is InChI=1S/C28H26F3N3O4/c1-18-6-5-12-34(16-18)27-32-26(28(29,30)31)25(38-27)23(35)15-19-9-10-22-20(14-19)11-13-33(22)17-24(36)37-21-7-3-2-4-8-21/h2-4,7-11,13-14,18H,5-6,12,15-17H2,1H3. The van der Waals surface area contributed by atoms with Crippen LogP contribution in [0.1, 0.15) is 41.6 Å². The van der Waals surface area contributed by atoms with Crippen LogP contribution in [0.15, 0.2) is 65.2 Å². The number of fused-ring (bicyclic) bond motifs is 1. The van der Waals surface area contributed by atoms with Crippen molar-refractivity contribution in [3.63, 3.8) is 0 Å². The lowest BCUT2D eigenvalue weighted by Crippen LogP contribution is -2.34. The molecule has 2 aromatic heterocycles. The van der Waals surface area contributed by atoms with Crippen LogP contribution in [-0.2, 0) is 23.9 Å². The Hall–Kier alpha value is -4.08. The number of hydrogen-bond donors (Lipinski definition) is 0. The van der Waals surface area contributed by atoms with E-state index < -0.39 is 29.4 Å². The number of Topliss-reactive ketones (excluding diaryl/α,β-unsaturated/α-hetero) is 1. The van der Waals surface area contributed by atoms with Crippen molar-refractivity contribution in [2.24, 2.45) is 5.92 Å². The summed E-state index contributed by atoms with van der Waals surface area (Å²) in [5.74, 6) is -1.28. The Kier molecular flexibility index (Phi) is 6.96. The van der Waals surface area contributed by atoms with E-state index in [2.05, 4.69) is 4.98 Å². The Labute approximate surface area is 216 Å². The normalized spacial score (nSPS) is 16.1. The van der Waals surface area contributed by atoms with Gasteiger partial charge in [0.2, 0.25) is 11.5 Å². The number of anilines is 1. The lowest BCUT2D eigenvalue weighted by molar-refractivity contribution is -0.141. The molecular weight excluding hydrogens is 499 g/mol. The highest BCUT2D eigenvalue weighted by molar-refractivity contribution is 5.97. The maximum atomic E-state index is 13.7. The van der Waals surface area contributed by atoms with Gasteiger partial charge < -0.3 is 18.6 Å². The summed E-state index contributed by atoms with van der Waals surface area (Å²) in [6.45, 7) is 3.05. The highest BCUT2D eigenvalue weighted by Gasteiger charge is 2.42. The quantitative estimate of drug-likeness (QED) is 0.170. The summed E-state index contributed by atoms with van der Waals surface area (Å²) in [6, 6.07) is 15.4. The number of aromatic nitrogens is 2. The summed E-state index contributed by atoms with van der Waals surface area (Å²) in [5, 5.41) is 0.736. The van der Waals surface area contributed by atoms with Gasteiger partial charge in [-0.2, -0.15) is 18.2 Å². The van der Waals surface area contributed by atoms with Gasteiger partial charge >= 0.3 is 12.1 Å². The van der Waals surface area contributed by atoms with E-state index in [1.54, 1.807) is 64.2 Å². The molecule has 1 saturated heterocycles. The van der Waals surface area contributed by atoms with E-state index in [0.29, 0.717) is 30.3 Å². The molecule has 0 N–H and O–H groups in total. The second-order valence-electron chi connectivity index (χ2n) is 9.59. The van der Waals surface area contributed by atoms with E-state index >= 15 is 0 Å². The number of piperidine rings is 1. The fourth-order valence-corrected chi connectivity index (χ4v) is 4.74. The summed E-state index contributed by atoms with van der Waals surface area (Å²) in [7, 11) is 0. The largest absolute Gasteiger partial charge is 0.437 e. The van der Waals surface area contributed by atoms with Gasteiger partial charge in [-0.1, -0.05) is 31.2 Å². The molecule has 0 radical (unpaired) electrons. The number of esters is 1. The first kappa shape index (κ1) is 25.6. The third-order valence-corrected chi connectivity index (χ3v) is 6.54. The van der Waals surface area contributed by atoms with Crippen LogP contribution in [0.2, 0.25) is 0 Å². The van der Waals surface area contributed by atoms with Crippen molar-refractivity contribution in [3.8, 4) is 5.75 Å². The Morgan fingerprint density at radius 3 is 2.66 bits per heavy atom. The van der Waals surface area contributed by atoms with E-state index in [4.69, 9.17) is 9.15 Å². The number of oxazole rings is 1. The molecule has 1 atom stereocenters. The number of carbonyl (C=O) groups excluding carboxylic acids is 2. The molecule has 10 heteroatoms. The average Bonchev–Trinajstić information content (AvgIpc) is 3.50. The zero-order valence-electron chi connectivity index (χ0n) is 20.7. The van der Waals surface area contributed by atoms with Crippen LogP contribution in [0.25, 0.3) is 10.9 Å². The van der Waals surface area contributed by atoms with Gasteiger partial charge in [-0.15, -0.1) is 0 Å². The van der Waals surface area contributed by atoms with Crippen molar-refractivity contribution in [1.82, 2.24) is 9.55 Å². The van der Waals surface area contributed by atoms with Crippen molar-refractivity contribution in [2.45, 2.75) is 38.9 Å². The number of alkyl halides is 3. The molecule has 198 valence electrons. The number of ketones is 1. The maximum absolute atomic E-state index is 13.7. The van der Waals surface area contributed by atoms with Gasteiger partial charge in [0.25, 0.3) is 6.01 Å². The number of nitrogens with zero attached hydrogens (tertiary/aromatic N) is 3. The second-order valence-corrected chi connectivity index (χ2v) is 9.59. The molecule has 1 aliphatic heterocycles. The molecule has 1 aliphatic rings. The first-order chi connectivity index (χ1) is 18.2. The topological polar surface area (TPSA) is 77.6 Å². The summed E-state index contributed by atoms with van der Waals surface area (Å²) >= 11 is 0. The average molecular weight is 526 g/mol. The second kappa shape index (κ2) is 10.4. The minimum Gasteiger partial charge on any atom is -0.425 e. The molecule has 1 unspecified atom stereocenters. The van der Waals surface area contributed by atoms with Crippen LogP contribution >= 0.6 is 0 Å². The molecule has 1 fully saturated rings. The Morgan fingerprint density at radius 1 is 1.13 bits per heavy atom. The maximum Gasteiger partial charge on any atom is 0.437 e. The van der Waals surface area contributed by atoms with Gasteiger partial charge in [0.15, 0.2) is 5.69 Å². The zero-order valence-corrected chi connectivity index (χ0v) is 20.7. The Balaban J connectivity index is 1.32. The fraction of sp³-hybridized carbons (Fsp3) is 0.321. The van der Waals surface area contributed by atoms with Crippen LogP contribution in [-0.4, -0.2) is 34.4 Å². The number of para-hydroxylation sites is 1. The third-order valence-electron chi connectivity index (χ3n) is 6.54. The van der Waals surface area contributed by atoms with Crippen LogP contribution < -0.4 is 9.64 Å². The van der Waals surface area contributed by atoms with Crippen molar-refractivity contribution < 1.29 is 31.9 Å². The molecule has 4 aromatic rings. The van der Waals surface area contributed by atoms with Crippen molar-refractivity contribution >= 4 is 28.7 Å². The lowest BCUT2D eigenvalue weighted by Gasteiger charge is -2.29. The molecule has 0 bridgehead atoms. The number of benzene rings is 2. The molecule has 3 heterocycles. The van der Waals surface area contributed by atoms with E-state index in [9.17, 15) is 22.8 Å². The monoisotopic (exact) mass is 525 g/mol. The molecule has 2 aromatic carbocycles. The molecule has 0 amide bonds. The smallest absolute Gasteiger partial charge is 0.425 e. The van der Waals surface area contributed by atoms with Gasteiger partial charge in [0, 0.05) is 31.2 Å². The number of ether oxygens (including phenoxy) is 1. The van der Waals surface area contributed by atoms with Crippen molar-refractivity contribution in [1.29, 1.82) is 0 Å². The minimum absolute atomic E-state index is 0.0262. The highest BCUT2D eigenvalue weighted by atomic mass is 19.4. The zero-order chi connectivity index (χ0) is 26.9. The molecule has 7 nitrogen and oxygen atoms in total. The predicted molar refractivity (Wildman–Crippen MR) is 134 cm³/mol. The lowest BCUT2D eigenvalue weighted by atomic mass is 10.0. The fourth-order valence-electron chi connectivity index (χ4n) is 4.74. The van der Waals surface area contributed by atoms with Gasteiger partial charge in [0.05, 0.1) is 0 Å².